The number of carboxylic acid groups (broad SMARTS) is 1. The third kappa shape index (κ3) is 5.68. The zero-order valence-electron chi connectivity index (χ0n) is 10.4. The molecule has 0 saturated carbocycles. The van der Waals surface area contributed by atoms with E-state index in [9.17, 15) is 9.59 Å². The molecule has 0 radical (unpaired) electrons. The van der Waals surface area contributed by atoms with E-state index in [0.717, 1.165) is 19.5 Å². The maximum Gasteiger partial charge on any atom is 0.303 e. The second-order valence-electron chi connectivity index (χ2n) is 4.76. The van der Waals surface area contributed by atoms with Crippen molar-refractivity contribution in [3.63, 3.8) is 0 Å². The van der Waals surface area contributed by atoms with Gasteiger partial charge in [-0.2, -0.15) is 0 Å². The van der Waals surface area contributed by atoms with Crippen LogP contribution in [0.5, 0.6) is 0 Å². The number of nitrogens with one attached hydrogen (secondary N) is 1. The Morgan fingerprint density at radius 2 is 2.24 bits per heavy atom. The maximum atomic E-state index is 11.8. The van der Waals surface area contributed by atoms with E-state index in [4.69, 9.17) is 5.11 Å². The van der Waals surface area contributed by atoms with E-state index in [2.05, 4.69) is 12.2 Å². The number of carbonyl (C=O) groups is 2. The molecule has 1 fully saturated rings. The molecule has 1 aliphatic rings. The molecule has 1 saturated heterocycles. The molecule has 0 aliphatic carbocycles. The summed E-state index contributed by atoms with van der Waals surface area (Å²) in [5.41, 5.74) is 0. The summed E-state index contributed by atoms with van der Waals surface area (Å²) >= 11 is 0. The van der Waals surface area contributed by atoms with Gasteiger partial charge in [0.25, 0.3) is 0 Å². The number of carbonyl (C=O) groups excluding carboxylic acids is 1. The molecule has 17 heavy (non-hydrogen) atoms. The molecule has 0 aromatic heterocycles. The molecule has 5 heteroatoms. The number of rotatable bonds is 6. The summed E-state index contributed by atoms with van der Waals surface area (Å²) in [5, 5.41) is 11.5. The first-order chi connectivity index (χ1) is 8.09. The van der Waals surface area contributed by atoms with Crippen LogP contribution in [-0.2, 0) is 9.59 Å². The molecule has 0 aromatic rings. The lowest BCUT2D eigenvalue weighted by Gasteiger charge is -2.31. The highest BCUT2D eigenvalue weighted by Gasteiger charge is 2.20. The summed E-state index contributed by atoms with van der Waals surface area (Å²) in [6, 6.07) is 0. The van der Waals surface area contributed by atoms with E-state index in [1.807, 2.05) is 4.90 Å². The number of nitrogens with zero attached hydrogens (tertiary/aromatic N) is 1. The van der Waals surface area contributed by atoms with Crippen molar-refractivity contribution in [2.24, 2.45) is 5.92 Å². The number of likely N-dealkylation sites (tertiary alicyclic amines) is 1. The zero-order chi connectivity index (χ0) is 12.7. The molecule has 0 aromatic carbocycles. The lowest BCUT2D eigenvalue weighted by molar-refractivity contribution is -0.137. The van der Waals surface area contributed by atoms with Crippen molar-refractivity contribution in [2.75, 3.05) is 26.2 Å². The molecule has 2 N–H and O–H groups in total. The highest BCUT2D eigenvalue weighted by atomic mass is 16.4. The lowest BCUT2D eigenvalue weighted by Crippen LogP contribution is -2.43. The van der Waals surface area contributed by atoms with Gasteiger partial charge in [0, 0.05) is 19.5 Å². The number of hydrogen-bond acceptors (Lipinski definition) is 3. The second-order valence-corrected chi connectivity index (χ2v) is 4.76. The Morgan fingerprint density at radius 3 is 2.88 bits per heavy atom. The zero-order valence-corrected chi connectivity index (χ0v) is 10.4. The Morgan fingerprint density at radius 1 is 1.47 bits per heavy atom. The van der Waals surface area contributed by atoms with Crippen LogP contribution in [0.25, 0.3) is 0 Å². The summed E-state index contributed by atoms with van der Waals surface area (Å²) in [6.07, 6.45) is 3.02. The third-order valence-electron chi connectivity index (χ3n) is 3.03. The van der Waals surface area contributed by atoms with E-state index < -0.39 is 5.97 Å². The molecule has 1 unspecified atom stereocenters. The molecule has 0 spiro atoms. The Balaban J connectivity index is 2.10. The van der Waals surface area contributed by atoms with Crippen molar-refractivity contribution >= 4 is 11.9 Å². The Bertz CT molecular complexity index is 268. The van der Waals surface area contributed by atoms with Gasteiger partial charge in [-0.15, -0.1) is 0 Å². The standard InChI is InChI=1S/C12H22N2O3/c1-10-4-3-7-14(9-10)11(15)8-13-6-2-5-12(16)17/h10,13H,2-9H2,1H3,(H,16,17). The van der Waals surface area contributed by atoms with Gasteiger partial charge in [-0.05, 0) is 31.7 Å². The summed E-state index contributed by atoms with van der Waals surface area (Å²) in [4.78, 5) is 24.0. The van der Waals surface area contributed by atoms with Gasteiger partial charge in [0.2, 0.25) is 5.91 Å². The van der Waals surface area contributed by atoms with Gasteiger partial charge >= 0.3 is 5.97 Å². The SMILES string of the molecule is CC1CCCN(C(=O)CNCCCC(=O)O)C1. The first-order valence-corrected chi connectivity index (χ1v) is 6.30. The molecular weight excluding hydrogens is 220 g/mol. The van der Waals surface area contributed by atoms with Gasteiger partial charge in [0.15, 0.2) is 0 Å². The smallest absolute Gasteiger partial charge is 0.303 e. The van der Waals surface area contributed by atoms with E-state index in [1.54, 1.807) is 0 Å². The summed E-state index contributed by atoms with van der Waals surface area (Å²) in [6.45, 7) is 4.79. The lowest BCUT2D eigenvalue weighted by atomic mass is 10.0. The van der Waals surface area contributed by atoms with Gasteiger partial charge in [-0.25, -0.2) is 0 Å². The summed E-state index contributed by atoms with van der Waals surface area (Å²) in [5.74, 6) is -0.0606. The average molecular weight is 242 g/mol. The fraction of sp³-hybridized carbons (Fsp3) is 0.833. The highest BCUT2D eigenvalue weighted by Crippen LogP contribution is 2.14. The fourth-order valence-electron chi connectivity index (χ4n) is 2.09. The Kier molecular flexibility index (Phi) is 5.97. The highest BCUT2D eigenvalue weighted by molar-refractivity contribution is 5.78. The van der Waals surface area contributed by atoms with Crippen LogP contribution in [0.2, 0.25) is 0 Å². The molecule has 5 nitrogen and oxygen atoms in total. The quantitative estimate of drug-likeness (QED) is 0.673. The molecule has 1 aliphatic heterocycles. The molecule has 1 amide bonds. The minimum Gasteiger partial charge on any atom is -0.481 e. The van der Waals surface area contributed by atoms with Crippen LogP contribution in [0.4, 0.5) is 0 Å². The number of carboxylic acids is 1. The number of hydrogen-bond donors (Lipinski definition) is 2. The summed E-state index contributed by atoms with van der Waals surface area (Å²) < 4.78 is 0. The first kappa shape index (κ1) is 14.0. The predicted octanol–water partition coefficient (Wildman–Crippen LogP) is 0.699. The molecule has 0 bridgehead atoms. The maximum absolute atomic E-state index is 11.8. The minimum atomic E-state index is -0.789. The van der Waals surface area contributed by atoms with Crippen LogP contribution in [0, 0.1) is 5.92 Å². The largest absolute Gasteiger partial charge is 0.481 e. The molecule has 1 atom stereocenters. The molecule has 1 rings (SSSR count). The van der Waals surface area contributed by atoms with Crippen molar-refractivity contribution in [3.05, 3.63) is 0 Å². The average Bonchev–Trinajstić information content (AvgIpc) is 2.28. The van der Waals surface area contributed by atoms with Crippen LogP contribution < -0.4 is 5.32 Å². The van der Waals surface area contributed by atoms with Crippen molar-refractivity contribution in [1.29, 1.82) is 0 Å². The third-order valence-corrected chi connectivity index (χ3v) is 3.03. The van der Waals surface area contributed by atoms with Crippen molar-refractivity contribution < 1.29 is 14.7 Å². The number of piperidine rings is 1. The predicted molar refractivity (Wildman–Crippen MR) is 64.7 cm³/mol. The minimum absolute atomic E-state index is 0.131. The van der Waals surface area contributed by atoms with Gasteiger partial charge in [-0.1, -0.05) is 6.92 Å². The van der Waals surface area contributed by atoms with Crippen LogP contribution in [0.1, 0.15) is 32.6 Å². The van der Waals surface area contributed by atoms with Crippen LogP contribution in [-0.4, -0.2) is 48.1 Å². The molecule has 98 valence electrons. The van der Waals surface area contributed by atoms with Crippen molar-refractivity contribution in [2.45, 2.75) is 32.6 Å². The van der Waals surface area contributed by atoms with Crippen molar-refractivity contribution in [1.82, 2.24) is 10.2 Å². The van der Waals surface area contributed by atoms with E-state index in [1.165, 1.54) is 6.42 Å². The number of amides is 1. The monoisotopic (exact) mass is 242 g/mol. The van der Waals surface area contributed by atoms with Crippen molar-refractivity contribution in [3.8, 4) is 0 Å². The van der Waals surface area contributed by atoms with E-state index >= 15 is 0 Å². The van der Waals surface area contributed by atoms with Gasteiger partial charge in [-0.3, -0.25) is 9.59 Å². The Labute approximate surface area is 102 Å². The van der Waals surface area contributed by atoms with Gasteiger partial charge in [0.05, 0.1) is 6.54 Å². The molecular formula is C12H22N2O3. The van der Waals surface area contributed by atoms with E-state index in [-0.39, 0.29) is 12.3 Å². The topological polar surface area (TPSA) is 69.6 Å². The first-order valence-electron chi connectivity index (χ1n) is 6.30. The van der Waals surface area contributed by atoms with E-state index in [0.29, 0.717) is 25.4 Å². The summed E-state index contributed by atoms with van der Waals surface area (Å²) in [7, 11) is 0. The Hall–Kier alpha value is -1.10. The number of aliphatic carboxylic acids is 1. The van der Waals surface area contributed by atoms with Crippen LogP contribution in [0.3, 0.4) is 0 Å². The fourth-order valence-corrected chi connectivity index (χ4v) is 2.09. The second kappa shape index (κ2) is 7.27. The van der Waals surface area contributed by atoms with Crippen LogP contribution >= 0.6 is 0 Å². The van der Waals surface area contributed by atoms with Crippen LogP contribution in [0.15, 0.2) is 0 Å². The van der Waals surface area contributed by atoms with Gasteiger partial charge < -0.3 is 15.3 Å². The molecule has 1 heterocycles. The normalized spacial score (nSPS) is 20.3. The van der Waals surface area contributed by atoms with Gasteiger partial charge in [0.1, 0.15) is 0 Å².